The van der Waals surface area contributed by atoms with Gasteiger partial charge in [0.25, 0.3) is 0 Å². The first kappa shape index (κ1) is 13.1. The topological polar surface area (TPSA) is 26.3 Å². The lowest BCUT2D eigenvalue weighted by Gasteiger charge is -2.08. The van der Waals surface area contributed by atoms with E-state index in [1.807, 2.05) is 0 Å². The van der Waals surface area contributed by atoms with Crippen molar-refractivity contribution >= 4 is 6.29 Å². The molecule has 0 fully saturated rings. The van der Waals surface area contributed by atoms with Gasteiger partial charge >= 0.3 is 0 Å². The summed E-state index contributed by atoms with van der Waals surface area (Å²) < 4.78 is 43.8. The van der Waals surface area contributed by atoms with Crippen molar-refractivity contribution < 1.29 is 22.7 Å². The molecule has 2 rings (SSSR count). The molecule has 0 aliphatic rings. The predicted molar refractivity (Wildman–Crippen MR) is 62.5 cm³/mol. The van der Waals surface area contributed by atoms with Gasteiger partial charge in [-0.15, -0.1) is 0 Å². The predicted octanol–water partition coefficient (Wildman–Crippen LogP) is 3.50. The lowest BCUT2D eigenvalue weighted by atomic mass is 10.1. The molecule has 0 saturated carbocycles. The summed E-state index contributed by atoms with van der Waals surface area (Å²) in [4.78, 5) is 10.8. The molecule has 0 aromatic heterocycles. The Hall–Kier alpha value is -2.30. The van der Waals surface area contributed by atoms with E-state index in [9.17, 15) is 18.0 Å². The van der Waals surface area contributed by atoms with Crippen molar-refractivity contribution in [3.05, 3.63) is 65.0 Å². The first-order chi connectivity index (χ1) is 9.11. The van der Waals surface area contributed by atoms with Crippen LogP contribution in [0.15, 0.2) is 36.4 Å². The van der Waals surface area contributed by atoms with Crippen molar-refractivity contribution in [1.82, 2.24) is 0 Å². The number of carbonyl (C=O) groups is 1. The summed E-state index contributed by atoms with van der Waals surface area (Å²) in [6.45, 7) is -0.0422. The molecule has 2 aromatic carbocycles. The van der Waals surface area contributed by atoms with Crippen LogP contribution >= 0.6 is 0 Å². The molecule has 0 aliphatic heterocycles. The third kappa shape index (κ3) is 2.93. The normalized spacial score (nSPS) is 10.3. The molecule has 19 heavy (non-hydrogen) atoms. The van der Waals surface area contributed by atoms with Crippen LogP contribution < -0.4 is 4.74 Å². The summed E-state index contributed by atoms with van der Waals surface area (Å²) >= 11 is 0. The molecule has 0 spiro atoms. The summed E-state index contributed by atoms with van der Waals surface area (Å²) in [6.07, 6.45) is 0.657. The molecular weight excluding hydrogens is 257 g/mol. The highest BCUT2D eigenvalue weighted by atomic mass is 19.2. The largest absolute Gasteiger partial charge is 0.489 e. The Morgan fingerprint density at radius 3 is 2.32 bits per heavy atom. The van der Waals surface area contributed by atoms with Crippen molar-refractivity contribution in [2.24, 2.45) is 0 Å². The van der Waals surface area contributed by atoms with Gasteiger partial charge in [-0.3, -0.25) is 4.79 Å². The molecular formula is C14H9F3O2. The number of halogens is 3. The minimum Gasteiger partial charge on any atom is -0.489 e. The minimum atomic E-state index is -1.54. The first-order valence-electron chi connectivity index (χ1n) is 5.42. The molecule has 2 nitrogen and oxygen atoms in total. The summed E-state index contributed by atoms with van der Waals surface area (Å²) in [5, 5.41) is 0. The van der Waals surface area contributed by atoms with Gasteiger partial charge in [0.1, 0.15) is 18.6 Å². The van der Waals surface area contributed by atoms with Crippen molar-refractivity contribution in [2.45, 2.75) is 6.61 Å². The third-order valence-corrected chi connectivity index (χ3v) is 2.53. The molecule has 0 amide bonds. The summed E-state index contributed by atoms with van der Waals surface area (Å²) in [5.74, 6) is -4.32. The van der Waals surface area contributed by atoms with Gasteiger partial charge < -0.3 is 4.74 Å². The van der Waals surface area contributed by atoms with Crippen LogP contribution in [0, 0.1) is 17.5 Å². The molecule has 0 radical (unpaired) electrons. The molecule has 0 aliphatic carbocycles. The second kappa shape index (κ2) is 5.56. The lowest BCUT2D eigenvalue weighted by molar-refractivity contribution is 0.112. The van der Waals surface area contributed by atoms with Gasteiger partial charge in [-0.2, -0.15) is 0 Å². The van der Waals surface area contributed by atoms with Gasteiger partial charge in [-0.1, -0.05) is 24.3 Å². The summed E-state index contributed by atoms with van der Waals surface area (Å²) in [7, 11) is 0. The van der Waals surface area contributed by atoms with Crippen LogP contribution in [0.3, 0.4) is 0 Å². The van der Waals surface area contributed by atoms with E-state index in [1.54, 1.807) is 24.3 Å². The Morgan fingerprint density at radius 2 is 1.68 bits per heavy atom. The Morgan fingerprint density at radius 1 is 1.05 bits per heavy atom. The van der Waals surface area contributed by atoms with Crippen LogP contribution in [0.5, 0.6) is 5.75 Å². The van der Waals surface area contributed by atoms with E-state index >= 15 is 0 Å². The maximum absolute atomic E-state index is 13.0. The van der Waals surface area contributed by atoms with E-state index in [1.165, 1.54) is 0 Å². The molecule has 0 bridgehead atoms. The van der Waals surface area contributed by atoms with Gasteiger partial charge in [0.15, 0.2) is 17.5 Å². The molecule has 98 valence electrons. The SMILES string of the molecule is O=Cc1ccccc1COc1cc(F)c(F)c(F)c1. The zero-order valence-corrected chi connectivity index (χ0v) is 9.70. The standard InChI is InChI=1S/C14H9F3O2/c15-12-5-11(6-13(16)14(12)17)19-8-10-4-2-1-3-9(10)7-18/h1-7H,8H2. The smallest absolute Gasteiger partial charge is 0.194 e. The number of hydrogen-bond acceptors (Lipinski definition) is 2. The van der Waals surface area contributed by atoms with Gasteiger partial charge in [0.2, 0.25) is 0 Å². The van der Waals surface area contributed by atoms with Gasteiger partial charge in [-0.05, 0) is 5.56 Å². The summed E-state index contributed by atoms with van der Waals surface area (Å²) in [6, 6.07) is 8.14. The van der Waals surface area contributed by atoms with Crippen LogP contribution in [-0.4, -0.2) is 6.29 Å². The van der Waals surface area contributed by atoms with Crippen LogP contribution in [0.1, 0.15) is 15.9 Å². The van der Waals surface area contributed by atoms with E-state index < -0.39 is 17.5 Å². The number of carbonyl (C=O) groups excluding carboxylic acids is 1. The minimum absolute atomic E-state index is 0.0422. The van der Waals surface area contributed by atoms with E-state index in [0.29, 0.717) is 17.4 Å². The Kier molecular flexibility index (Phi) is 3.85. The van der Waals surface area contributed by atoms with Crippen molar-refractivity contribution in [3.8, 4) is 5.75 Å². The number of ether oxygens (including phenoxy) is 1. The number of rotatable bonds is 4. The van der Waals surface area contributed by atoms with Crippen LogP contribution in [-0.2, 0) is 6.61 Å². The fourth-order valence-corrected chi connectivity index (χ4v) is 1.56. The fourth-order valence-electron chi connectivity index (χ4n) is 1.56. The average Bonchev–Trinajstić information content (AvgIpc) is 2.42. The van der Waals surface area contributed by atoms with Gasteiger partial charge in [0, 0.05) is 17.7 Å². The zero-order valence-electron chi connectivity index (χ0n) is 9.70. The highest BCUT2D eigenvalue weighted by molar-refractivity contribution is 5.77. The number of benzene rings is 2. The van der Waals surface area contributed by atoms with E-state index in [-0.39, 0.29) is 12.4 Å². The van der Waals surface area contributed by atoms with Crippen molar-refractivity contribution in [3.63, 3.8) is 0 Å². The highest BCUT2D eigenvalue weighted by Crippen LogP contribution is 2.20. The zero-order chi connectivity index (χ0) is 13.8. The number of hydrogen-bond donors (Lipinski definition) is 0. The van der Waals surface area contributed by atoms with Crippen molar-refractivity contribution in [1.29, 1.82) is 0 Å². The van der Waals surface area contributed by atoms with Gasteiger partial charge in [-0.25, -0.2) is 13.2 Å². The monoisotopic (exact) mass is 266 g/mol. The molecule has 0 atom stereocenters. The van der Waals surface area contributed by atoms with Crippen molar-refractivity contribution in [2.75, 3.05) is 0 Å². The van der Waals surface area contributed by atoms with Crippen LogP contribution in [0.2, 0.25) is 0 Å². The second-order valence-corrected chi connectivity index (χ2v) is 3.81. The Bertz CT molecular complexity index is 588. The highest BCUT2D eigenvalue weighted by Gasteiger charge is 2.11. The lowest BCUT2D eigenvalue weighted by Crippen LogP contribution is -2.01. The quantitative estimate of drug-likeness (QED) is 0.625. The molecule has 5 heteroatoms. The molecule has 0 unspecified atom stereocenters. The van der Waals surface area contributed by atoms with E-state index in [4.69, 9.17) is 4.74 Å². The fraction of sp³-hybridized carbons (Fsp3) is 0.0714. The van der Waals surface area contributed by atoms with Crippen LogP contribution in [0.25, 0.3) is 0 Å². The second-order valence-electron chi connectivity index (χ2n) is 3.81. The molecule has 0 heterocycles. The maximum atomic E-state index is 13.0. The van der Waals surface area contributed by atoms with Gasteiger partial charge in [0.05, 0.1) is 0 Å². The summed E-state index contributed by atoms with van der Waals surface area (Å²) in [5.41, 5.74) is 0.994. The average molecular weight is 266 g/mol. The van der Waals surface area contributed by atoms with E-state index in [2.05, 4.69) is 0 Å². The third-order valence-electron chi connectivity index (χ3n) is 2.53. The Balaban J connectivity index is 2.17. The molecule has 0 N–H and O–H groups in total. The molecule has 0 saturated heterocycles. The molecule has 2 aromatic rings. The number of aldehydes is 1. The first-order valence-corrected chi connectivity index (χ1v) is 5.42. The Labute approximate surface area is 107 Å². The van der Waals surface area contributed by atoms with E-state index in [0.717, 1.165) is 12.1 Å². The maximum Gasteiger partial charge on any atom is 0.194 e. The van der Waals surface area contributed by atoms with Crippen LogP contribution in [0.4, 0.5) is 13.2 Å².